The zero-order chi connectivity index (χ0) is 15.5. The Bertz CT molecular complexity index is 690. The van der Waals surface area contributed by atoms with Gasteiger partial charge in [-0.3, -0.25) is 14.3 Å². The minimum atomic E-state index is -0.998. The summed E-state index contributed by atoms with van der Waals surface area (Å²) in [6.45, 7) is 0.475. The van der Waals surface area contributed by atoms with Crippen molar-refractivity contribution in [3.05, 3.63) is 28.3 Å². The lowest BCUT2D eigenvalue weighted by molar-refractivity contribution is -0.137. The summed E-state index contributed by atoms with van der Waals surface area (Å²) in [6, 6.07) is 1.54. The highest BCUT2D eigenvalue weighted by molar-refractivity contribution is 7.09. The van der Waals surface area contributed by atoms with Gasteiger partial charge in [0.05, 0.1) is 0 Å². The quantitative estimate of drug-likeness (QED) is 0.864. The van der Waals surface area contributed by atoms with Crippen molar-refractivity contribution in [2.24, 2.45) is 0 Å². The monoisotopic (exact) mass is 322 g/mol. The number of aliphatic carboxylic acids is 1. The van der Waals surface area contributed by atoms with Crippen LogP contribution in [0.5, 0.6) is 0 Å². The topological polar surface area (TPSA) is 106 Å². The van der Waals surface area contributed by atoms with Crippen LogP contribution in [0.1, 0.15) is 34.4 Å². The number of aromatic nitrogens is 3. The van der Waals surface area contributed by atoms with Gasteiger partial charge in [-0.05, 0) is 12.8 Å². The van der Waals surface area contributed by atoms with E-state index in [9.17, 15) is 9.59 Å². The smallest absolute Gasteiger partial charge is 0.325 e. The molecule has 2 N–H and O–H groups in total. The van der Waals surface area contributed by atoms with Crippen LogP contribution in [0, 0.1) is 0 Å². The van der Waals surface area contributed by atoms with Crippen molar-refractivity contribution in [1.82, 2.24) is 14.8 Å². The number of nitrogens with one attached hydrogen (secondary N) is 1. The van der Waals surface area contributed by atoms with E-state index in [2.05, 4.69) is 15.4 Å². The predicted octanol–water partition coefficient (Wildman–Crippen LogP) is 1.53. The van der Waals surface area contributed by atoms with Crippen LogP contribution in [0.4, 0.5) is 5.82 Å². The summed E-state index contributed by atoms with van der Waals surface area (Å²) in [5, 5.41) is 17.7. The Hall–Kier alpha value is -2.26. The molecule has 2 aromatic rings. The minimum absolute atomic E-state index is 0.0127. The highest BCUT2D eigenvalue weighted by Crippen LogP contribution is 2.30. The number of rotatable bonds is 5. The SMILES string of the molecule is O=C(O)Cn1ccc(NC(=O)c2csc([C@@H]3CCCO3)n2)n1. The fourth-order valence-electron chi connectivity index (χ4n) is 2.15. The largest absolute Gasteiger partial charge is 0.480 e. The van der Waals surface area contributed by atoms with Crippen molar-refractivity contribution >= 4 is 29.0 Å². The van der Waals surface area contributed by atoms with E-state index in [1.807, 2.05) is 0 Å². The van der Waals surface area contributed by atoms with Crippen molar-refractivity contribution in [3.63, 3.8) is 0 Å². The van der Waals surface area contributed by atoms with E-state index in [0.29, 0.717) is 5.69 Å². The summed E-state index contributed by atoms with van der Waals surface area (Å²) in [5.41, 5.74) is 0.309. The standard InChI is InChI=1S/C13H14N4O4S/c18-11(19)6-17-4-3-10(16-17)15-12(20)8-7-22-13(14-8)9-2-1-5-21-9/h3-4,7,9H,1-2,5-6H2,(H,18,19)(H,15,16,20)/t9-/m0/s1. The lowest BCUT2D eigenvalue weighted by Crippen LogP contribution is -2.14. The van der Waals surface area contributed by atoms with Gasteiger partial charge in [-0.2, -0.15) is 5.10 Å². The third-order valence-corrected chi connectivity index (χ3v) is 4.08. The maximum Gasteiger partial charge on any atom is 0.325 e. The average molecular weight is 322 g/mol. The van der Waals surface area contributed by atoms with E-state index < -0.39 is 5.97 Å². The van der Waals surface area contributed by atoms with Gasteiger partial charge in [-0.25, -0.2) is 4.98 Å². The first-order chi connectivity index (χ1) is 10.6. The number of ether oxygens (including phenoxy) is 1. The number of carboxylic acids is 1. The van der Waals surface area contributed by atoms with Crippen LogP contribution in [-0.4, -0.2) is 38.4 Å². The van der Waals surface area contributed by atoms with E-state index >= 15 is 0 Å². The summed E-state index contributed by atoms with van der Waals surface area (Å²) in [6.07, 6.45) is 3.41. The molecule has 0 saturated carbocycles. The minimum Gasteiger partial charge on any atom is -0.480 e. The van der Waals surface area contributed by atoms with E-state index in [4.69, 9.17) is 9.84 Å². The first-order valence-corrected chi connectivity index (χ1v) is 7.63. The third-order valence-electron chi connectivity index (χ3n) is 3.14. The highest BCUT2D eigenvalue weighted by Gasteiger charge is 2.22. The van der Waals surface area contributed by atoms with Gasteiger partial charge in [0.25, 0.3) is 5.91 Å². The van der Waals surface area contributed by atoms with Crippen molar-refractivity contribution in [3.8, 4) is 0 Å². The molecule has 9 heteroatoms. The molecule has 2 aromatic heterocycles. The number of hydrogen-bond donors (Lipinski definition) is 2. The molecule has 1 saturated heterocycles. The van der Waals surface area contributed by atoms with Crippen LogP contribution in [0.25, 0.3) is 0 Å². The number of anilines is 1. The van der Waals surface area contributed by atoms with Gasteiger partial charge < -0.3 is 15.2 Å². The number of carboxylic acid groups (broad SMARTS) is 1. The molecule has 1 aliphatic rings. The molecule has 3 rings (SSSR count). The Morgan fingerprint density at radius 1 is 1.55 bits per heavy atom. The van der Waals surface area contributed by atoms with Crippen molar-refractivity contribution in [2.45, 2.75) is 25.5 Å². The number of carbonyl (C=O) groups excluding carboxylic acids is 1. The molecular weight excluding hydrogens is 308 g/mol. The molecule has 1 fully saturated rings. The summed E-state index contributed by atoms with van der Waals surface area (Å²) in [7, 11) is 0. The van der Waals surface area contributed by atoms with Gasteiger partial charge in [0.1, 0.15) is 23.4 Å². The summed E-state index contributed by atoms with van der Waals surface area (Å²) in [4.78, 5) is 27.0. The van der Waals surface area contributed by atoms with Crippen molar-refractivity contribution in [2.75, 3.05) is 11.9 Å². The molecule has 116 valence electrons. The number of amides is 1. The van der Waals surface area contributed by atoms with E-state index in [1.54, 1.807) is 5.38 Å². The first kappa shape index (κ1) is 14.7. The first-order valence-electron chi connectivity index (χ1n) is 6.75. The number of hydrogen-bond acceptors (Lipinski definition) is 6. The molecule has 8 nitrogen and oxygen atoms in total. The van der Waals surface area contributed by atoms with Crippen molar-refractivity contribution < 1.29 is 19.4 Å². The molecule has 1 aliphatic heterocycles. The Morgan fingerprint density at radius 2 is 2.41 bits per heavy atom. The predicted molar refractivity (Wildman–Crippen MR) is 77.9 cm³/mol. The van der Waals surface area contributed by atoms with Crippen LogP contribution in [0.15, 0.2) is 17.6 Å². The molecule has 0 bridgehead atoms. The van der Waals surface area contributed by atoms with Crippen LogP contribution in [-0.2, 0) is 16.1 Å². The van der Waals surface area contributed by atoms with Gasteiger partial charge in [0, 0.05) is 24.3 Å². The van der Waals surface area contributed by atoms with Crippen LogP contribution < -0.4 is 5.32 Å². The molecule has 0 radical (unpaired) electrons. The van der Waals surface area contributed by atoms with Crippen LogP contribution in [0.3, 0.4) is 0 Å². The molecule has 1 amide bonds. The Morgan fingerprint density at radius 3 is 3.14 bits per heavy atom. The zero-order valence-electron chi connectivity index (χ0n) is 11.6. The average Bonchev–Trinajstić information content (AvgIpc) is 3.19. The lowest BCUT2D eigenvalue weighted by atomic mass is 10.2. The summed E-state index contributed by atoms with van der Waals surface area (Å²) in [5.74, 6) is -1.08. The Labute approximate surface area is 129 Å². The highest BCUT2D eigenvalue weighted by atomic mass is 32.1. The second-order valence-electron chi connectivity index (χ2n) is 4.82. The Balaban J connectivity index is 1.64. The third kappa shape index (κ3) is 3.31. The zero-order valence-corrected chi connectivity index (χ0v) is 12.4. The second kappa shape index (κ2) is 6.24. The molecule has 0 aliphatic carbocycles. The van der Waals surface area contributed by atoms with E-state index in [-0.39, 0.29) is 24.4 Å². The summed E-state index contributed by atoms with van der Waals surface area (Å²) < 4.78 is 6.77. The molecule has 1 atom stereocenters. The van der Waals surface area contributed by atoms with Crippen molar-refractivity contribution in [1.29, 1.82) is 0 Å². The fourth-order valence-corrected chi connectivity index (χ4v) is 3.03. The lowest BCUT2D eigenvalue weighted by Gasteiger charge is -2.03. The fraction of sp³-hybridized carbons (Fsp3) is 0.385. The van der Waals surface area contributed by atoms with Gasteiger partial charge in [0.2, 0.25) is 0 Å². The molecule has 0 unspecified atom stereocenters. The van der Waals surface area contributed by atoms with E-state index in [1.165, 1.54) is 28.3 Å². The molecular formula is C13H14N4O4S. The molecule has 0 aromatic carbocycles. The number of nitrogens with zero attached hydrogens (tertiary/aromatic N) is 3. The normalized spacial score (nSPS) is 17.5. The number of thiazole rings is 1. The maximum absolute atomic E-state index is 12.1. The molecule has 22 heavy (non-hydrogen) atoms. The maximum atomic E-state index is 12.1. The molecule has 3 heterocycles. The van der Waals surface area contributed by atoms with Gasteiger partial charge in [0.15, 0.2) is 5.82 Å². The second-order valence-corrected chi connectivity index (χ2v) is 5.71. The Kier molecular flexibility index (Phi) is 4.16. The van der Waals surface area contributed by atoms with Crippen LogP contribution >= 0.6 is 11.3 Å². The van der Waals surface area contributed by atoms with Crippen LogP contribution in [0.2, 0.25) is 0 Å². The molecule has 0 spiro atoms. The number of carbonyl (C=O) groups is 2. The van der Waals surface area contributed by atoms with Gasteiger partial charge >= 0.3 is 5.97 Å². The van der Waals surface area contributed by atoms with Gasteiger partial charge in [-0.15, -0.1) is 11.3 Å². The van der Waals surface area contributed by atoms with Gasteiger partial charge in [-0.1, -0.05) is 0 Å². The van der Waals surface area contributed by atoms with E-state index in [0.717, 1.165) is 24.5 Å². The summed E-state index contributed by atoms with van der Waals surface area (Å²) >= 11 is 1.40.